The van der Waals surface area contributed by atoms with Crippen LogP contribution in [0.2, 0.25) is 0 Å². The Balaban J connectivity index is 1.70. The molecule has 0 unspecified atom stereocenters. The van der Waals surface area contributed by atoms with Crippen molar-refractivity contribution in [2.75, 3.05) is 43.5 Å². The van der Waals surface area contributed by atoms with Crippen molar-refractivity contribution in [3.8, 4) is 5.75 Å². The summed E-state index contributed by atoms with van der Waals surface area (Å²) in [6.07, 6.45) is 0.906. The van der Waals surface area contributed by atoms with Crippen LogP contribution in [-0.2, 0) is 11.3 Å². The summed E-state index contributed by atoms with van der Waals surface area (Å²) in [5.41, 5.74) is 1.07. The van der Waals surface area contributed by atoms with E-state index in [2.05, 4.69) is 20.2 Å². The highest BCUT2D eigenvalue weighted by molar-refractivity contribution is 5.52. The van der Waals surface area contributed by atoms with E-state index in [1.807, 2.05) is 37.3 Å². The number of ether oxygens (including phenoxy) is 1. The molecule has 1 aliphatic heterocycles. The fourth-order valence-corrected chi connectivity index (χ4v) is 2.90. The van der Waals surface area contributed by atoms with Crippen molar-refractivity contribution in [2.45, 2.75) is 13.5 Å². The number of amides is 1. The van der Waals surface area contributed by atoms with E-state index in [4.69, 9.17) is 4.74 Å². The molecule has 7 heteroatoms. The summed E-state index contributed by atoms with van der Waals surface area (Å²) < 4.78 is 5.38. The van der Waals surface area contributed by atoms with Crippen molar-refractivity contribution in [1.29, 1.82) is 0 Å². The number of hydrogen-bond donors (Lipinski definition) is 1. The zero-order chi connectivity index (χ0) is 17.6. The number of nitrogens with one attached hydrogen (secondary N) is 1. The molecule has 2 aromatic rings. The topological polar surface area (TPSA) is 70.6 Å². The maximum Gasteiger partial charge on any atom is 0.209 e. The van der Waals surface area contributed by atoms with Crippen molar-refractivity contribution in [1.82, 2.24) is 14.9 Å². The standard InChI is InChI=1S/C18H23N5O2/c1-14-20-17(19-12-15-5-3-4-6-16(15)25-2)11-18(21-14)23-9-7-22(13-24)8-10-23/h3-6,11,13H,7-10,12H2,1-2H3,(H,19,20,21). The van der Waals surface area contributed by atoms with E-state index in [1.165, 1.54) is 0 Å². The van der Waals surface area contributed by atoms with E-state index >= 15 is 0 Å². The second-order valence-corrected chi connectivity index (χ2v) is 5.95. The number of anilines is 2. The van der Waals surface area contributed by atoms with Crippen LogP contribution in [0.4, 0.5) is 11.6 Å². The first-order chi connectivity index (χ1) is 12.2. The molecule has 2 heterocycles. The fraction of sp³-hybridized carbons (Fsp3) is 0.389. The zero-order valence-electron chi connectivity index (χ0n) is 14.6. The molecule has 1 aliphatic rings. The van der Waals surface area contributed by atoms with Gasteiger partial charge in [-0.1, -0.05) is 18.2 Å². The van der Waals surface area contributed by atoms with Crippen LogP contribution in [0.15, 0.2) is 30.3 Å². The summed E-state index contributed by atoms with van der Waals surface area (Å²) in [5.74, 6) is 3.25. The van der Waals surface area contributed by atoms with Crippen LogP contribution in [0.25, 0.3) is 0 Å². The molecule has 0 aliphatic carbocycles. The van der Waals surface area contributed by atoms with Crippen LogP contribution < -0.4 is 15.0 Å². The van der Waals surface area contributed by atoms with E-state index in [0.29, 0.717) is 6.54 Å². The lowest BCUT2D eigenvalue weighted by atomic mass is 10.2. The SMILES string of the molecule is COc1ccccc1CNc1cc(N2CCN(C=O)CC2)nc(C)n1. The monoisotopic (exact) mass is 341 g/mol. The number of aromatic nitrogens is 2. The van der Waals surface area contributed by atoms with Crippen LogP contribution in [0, 0.1) is 6.92 Å². The molecule has 25 heavy (non-hydrogen) atoms. The molecule has 1 aromatic carbocycles. The molecule has 0 spiro atoms. The van der Waals surface area contributed by atoms with Gasteiger partial charge in [-0.3, -0.25) is 4.79 Å². The lowest BCUT2D eigenvalue weighted by Gasteiger charge is -2.33. The number of methoxy groups -OCH3 is 1. The number of nitrogens with zero attached hydrogens (tertiary/aromatic N) is 4. The van der Waals surface area contributed by atoms with E-state index in [-0.39, 0.29) is 0 Å². The number of rotatable bonds is 6. The predicted octanol–water partition coefficient (Wildman–Crippen LogP) is 1.68. The Bertz CT molecular complexity index is 729. The van der Waals surface area contributed by atoms with Crippen molar-refractivity contribution in [2.24, 2.45) is 0 Å². The van der Waals surface area contributed by atoms with Gasteiger partial charge in [-0.05, 0) is 13.0 Å². The molecule has 1 amide bonds. The Morgan fingerprint density at radius 2 is 1.96 bits per heavy atom. The Kier molecular flexibility index (Phi) is 5.33. The normalized spacial score (nSPS) is 14.3. The number of hydrogen-bond acceptors (Lipinski definition) is 6. The number of piperazine rings is 1. The van der Waals surface area contributed by atoms with E-state index in [9.17, 15) is 4.79 Å². The van der Waals surface area contributed by atoms with Crippen LogP contribution in [0.5, 0.6) is 5.75 Å². The molecule has 7 nitrogen and oxygen atoms in total. The van der Waals surface area contributed by atoms with Gasteiger partial charge < -0.3 is 19.9 Å². The summed E-state index contributed by atoms with van der Waals surface area (Å²) in [4.78, 5) is 23.8. The summed E-state index contributed by atoms with van der Waals surface area (Å²) in [6, 6.07) is 9.87. The van der Waals surface area contributed by atoms with Gasteiger partial charge in [0.05, 0.1) is 7.11 Å². The van der Waals surface area contributed by atoms with Crippen LogP contribution >= 0.6 is 0 Å². The summed E-state index contributed by atoms with van der Waals surface area (Å²) in [5, 5.41) is 3.35. The average molecular weight is 341 g/mol. The van der Waals surface area contributed by atoms with Crippen molar-refractivity contribution in [3.63, 3.8) is 0 Å². The van der Waals surface area contributed by atoms with Gasteiger partial charge in [0.1, 0.15) is 23.2 Å². The lowest BCUT2D eigenvalue weighted by molar-refractivity contribution is -0.118. The molecule has 1 saturated heterocycles. The Labute approximate surface area is 147 Å². The molecular formula is C18H23N5O2. The highest BCUT2D eigenvalue weighted by Gasteiger charge is 2.17. The molecular weight excluding hydrogens is 318 g/mol. The van der Waals surface area contributed by atoms with Crippen molar-refractivity contribution < 1.29 is 9.53 Å². The average Bonchev–Trinajstić information content (AvgIpc) is 2.66. The summed E-state index contributed by atoms with van der Waals surface area (Å²) in [7, 11) is 1.67. The fourth-order valence-electron chi connectivity index (χ4n) is 2.90. The number of benzene rings is 1. The van der Waals surface area contributed by atoms with Gasteiger partial charge in [-0.2, -0.15) is 0 Å². The Morgan fingerprint density at radius 3 is 2.68 bits per heavy atom. The molecule has 0 radical (unpaired) electrons. The van der Waals surface area contributed by atoms with Gasteiger partial charge in [0, 0.05) is 44.4 Å². The van der Waals surface area contributed by atoms with Crippen molar-refractivity contribution >= 4 is 18.0 Å². The van der Waals surface area contributed by atoms with Crippen LogP contribution in [0.1, 0.15) is 11.4 Å². The lowest BCUT2D eigenvalue weighted by Crippen LogP contribution is -2.46. The highest BCUT2D eigenvalue weighted by atomic mass is 16.5. The second kappa shape index (κ2) is 7.83. The third-order valence-corrected chi connectivity index (χ3v) is 4.26. The quantitative estimate of drug-likeness (QED) is 0.806. The Hall–Kier alpha value is -2.83. The molecule has 0 bridgehead atoms. The van der Waals surface area contributed by atoms with Gasteiger partial charge in [0.2, 0.25) is 6.41 Å². The van der Waals surface area contributed by atoms with Gasteiger partial charge >= 0.3 is 0 Å². The molecule has 1 fully saturated rings. The number of aryl methyl sites for hydroxylation is 1. The van der Waals surface area contributed by atoms with Crippen LogP contribution in [0.3, 0.4) is 0 Å². The molecule has 3 rings (SSSR count). The minimum Gasteiger partial charge on any atom is -0.496 e. The summed E-state index contributed by atoms with van der Waals surface area (Å²) in [6.45, 7) is 5.51. The first kappa shape index (κ1) is 17.0. The molecule has 0 atom stereocenters. The predicted molar refractivity (Wildman–Crippen MR) is 96.9 cm³/mol. The van der Waals surface area contributed by atoms with Gasteiger partial charge in [0.25, 0.3) is 0 Å². The van der Waals surface area contributed by atoms with E-state index in [0.717, 1.165) is 61.4 Å². The highest BCUT2D eigenvalue weighted by Crippen LogP contribution is 2.21. The van der Waals surface area contributed by atoms with E-state index < -0.39 is 0 Å². The minimum atomic E-state index is 0.624. The van der Waals surface area contributed by atoms with Crippen molar-refractivity contribution in [3.05, 3.63) is 41.7 Å². The number of carbonyl (C=O) groups excluding carboxylic acids is 1. The first-order valence-corrected chi connectivity index (χ1v) is 8.35. The number of para-hydroxylation sites is 1. The maximum atomic E-state index is 10.8. The zero-order valence-corrected chi connectivity index (χ0v) is 14.6. The number of carbonyl (C=O) groups is 1. The maximum absolute atomic E-state index is 10.8. The van der Waals surface area contributed by atoms with Gasteiger partial charge in [0.15, 0.2) is 0 Å². The molecule has 1 N–H and O–H groups in total. The molecule has 132 valence electrons. The smallest absolute Gasteiger partial charge is 0.209 e. The molecule has 1 aromatic heterocycles. The first-order valence-electron chi connectivity index (χ1n) is 8.35. The Morgan fingerprint density at radius 1 is 1.20 bits per heavy atom. The largest absolute Gasteiger partial charge is 0.496 e. The summed E-state index contributed by atoms with van der Waals surface area (Å²) >= 11 is 0. The van der Waals surface area contributed by atoms with Gasteiger partial charge in [-0.15, -0.1) is 0 Å². The molecule has 0 saturated carbocycles. The minimum absolute atomic E-state index is 0.624. The second-order valence-electron chi connectivity index (χ2n) is 5.95. The third kappa shape index (κ3) is 4.17. The van der Waals surface area contributed by atoms with Crippen LogP contribution in [-0.4, -0.2) is 54.6 Å². The third-order valence-electron chi connectivity index (χ3n) is 4.26. The van der Waals surface area contributed by atoms with E-state index in [1.54, 1.807) is 12.0 Å². The van der Waals surface area contributed by atoms with Gasteiger partial charge in [-0.25, -0.2) is 9.97 Å².